The first-order chi connectivity index (χ1) is 12.3. The third-order valence-corrected chi connectivity index (χ3v) is 6.85. The average Bonchev–Trinajstić information content (AvgIpc) is 3.11. The maximum absolute atomic E-state index is 13.1. The highest BCUT2D eigenvalue weighted by Crippen LogP contribution is 2.31. The third-order valence-electron chi connectivity index (χ3n) is 4.54. The number of hydrogen-bond acceptors (Lipinski definition) is 5. The second kappa shape index (κ2) is 7.47. The van der Waals surface area contributed by atoms with Gasteiger partial charge in [-0.1, -0.05) is 15.9 Å². The fraction of sp³-hybridized carbons (Fsp3) is 0.471. The van der Waals surface area contributed by atoms with Crippen molar-refractivity contribution in [2.45, 2.75) is 43.5 Å². The molecule has 1 aromatic carbocycles. The van der Waals surface area contributed by atoms with E-state index in [0.29, 0.717) is 23.1 Å². The van der Waals surface area contributed by atoms with Gasteiger partial charge in [-0.3, -0.25) is 0 Å². The Labute approximate surface area is 161 Å². The summed E-state index contributed by atoms with van der Waals surface area (Å²) in [7, 11) is -3.68. The standard InChI is InChI=1S/C17H20BrN5O2S/c1-12(2)23-11-20-21-17(23)14-4-3-5-22(10-14)26(24,25)16-7-13(9-19)6-15(18)8-16/h6-8,11-12,14H,3-5,10H2,1-2H3/t14-/m0/s1. The zero-order valence-electron chi connectivity index (χ0n) is 14.6. The molecule has 1 saturated heterocycles. The summed E-state index contributed by atoms with van der Waals surface area (Å²) in [4.78, 5) is 0.134. The summed E-state index contributed by atoms with van der Waals surface area (Å²) >= 11 is 3.28. The first-order valence-corrected chi connectivity index (χ1v) is 10.7. The van der Waals surface area contributed by atoms with Gasteiger partial charge in [0.1, 0.15) is 12.2 Å². The Morgan fingerprint density at radius 1 is 1.35 bits per heavy atom. The monoisotopic (exact) mass is 437 g/mol. The van der Waals surface area contributed by atoms with Crippen molar-refractivity contribution in [3.63, 3.8) is 0 Å². The molecule has 0 unspecified atom stereocenters. The van der Waals surface area contributed by atoms with Crippen LogP contribution in [-0.4, -0.2) is 40.6 Å². The fourth-order valence-electron chi connectivity index (χ4n) is 3.24. The number of nitrogens with zero attached hydrogens (tertiary/aromatic N) is 5. The Hall–Kier alpha value is -1.76. The Morgan fingerprint density at radius 3 is 2.81 bits per heavy atom. The summed E-state index contributed by atoms with van der Waals surface area (Å²) in [5, 5.41) is 17.3. The highest BCUT2D eigenvalue weighted by atomic mass is 79.9. The van der Waals surface area contributed by atoms with Gasteiger partial charge in [0.15, 0.2) is 0 Å². The lowest BCUT2D eigenvalue weighted by Crippen LogP contribution is -2.39. The number of benzene rings is 1. The van der Waals surface area contributed by atoms with Gasteiger partial charge in [0.05, 0.1) is 16.5 Å². The van der Waals surface area contributed by atoms with Crippen molar-refractivity contribution >= 4 is 26.0 Å². The van der Waals surface area contributed by atoms with Crippen LogP contribution >= 0.6 is 15.9 Å². The van der Waals surface area contributed by atoms with Crippen molar-refractivity contribution < 1.29 is 8.42 Å². The molecule has 0 spiro atoms. The van der Waals surface area contributed by atoms with Crippen molar-refractivity contribution in [2.24, 2.45) is 0 Å². The Balaban J connectivity index is 1.90. The zero-order chi connectivity index (χ0) is 18.9. The predicted octanol–water partition coefficient (Wildman–Crippen LogP) is 3.06. The molecule has 0 amide bonds. The number of hydrogen-bond donors (Lipinski definition) is 0. The van der Waals surface area contributed by atoms with E-state index in [2.05, 4.69) is 40.0 Å². The second-order valence-electron chi connectivity index (χ2n) is 6.68. The van der Waals surface area contributed by atoms with E-state index in [9.17, 15) is 8.42 Å². The van der Waals surface area contributed by atoms with Crippen LogP contribution < -0.4 is 0 Å². The molecule has 26 heavy (non-hydrogen) atoms. The minimum atomic E-state index is -3.68. The number of aromatic nitrogens is 3. The van der Waals surface area contributed by atoms with E-state index in [1.807, 2.05) is 10.6 Å². The van der Waals surface area contributed by atoms with Crippen molar-refractivity contribution in [1.29, 1.82) is 5.26 Å². The summed E-state index contributed by atoms with van der Waals surface area (Å²) in [6.45, 7) is 4.93. The minimum Gasteiger partial charge on any atom is -0.315 e. The molecule has 138 valence electrons. The van der Waals surface area contributed by atoms with Gasteiger partial charge in [0.2, 0.25) is 10.0 Å². The van der Waals surface area contributed by atoms with Gasteiger partial charge >= 0.3 is 0 Å². The first kappa shape index (κ1) is 19.0. The highest BCUT2D eigenvalue weighted by Gasteiger charge is 2.33. The molecule has 1 aromatic heterocycles. The lowest BCUT2D eigenvalue weighted by atomic mass is 9.98. The Kier molecular flexibility index (Phi) is 5.46. The molecule has 0 radical (unpaired) electrons. The van der Waals surface area contributed by atoms with Crippen LogP contribution in [-0.2, 0) is 10.0 Å². The molecular weight excluding hydrogens is 418 g/mol. The molecule has 2 aromatic rings. The molecule has 1 aliphatic rings. The topological polar surface area (TPSA) is 91.9 Å². The van der Waals surface area contributed by atoms with E-state index in [1.54, 1.807) is 12.4 Å². The number of rotatable bonds is 4. The summed E-state index contributed by atoms with van der Waals surface area (Å²) in [5.74, 6) is 0.831. The van der Waals surface area contributed by atoms with Gasteiger partial charge in [0.25, 0.3) is 0 Å². The molecule has 2 heterocycles. The zero-order valence-corrected chi connectivity index (χ0v) is 17.0. The number of piperidine rings is 1. The summed E-state index contributed by atoms with van der Waals surface area (Å²) < 4.78 is 30.2. The maximum Gasteiger partial charge on any atom is 0.243 e. The van der Waals surface area contributed by atoms with E-state index in [-0.39, 0.29) is 16.9 Å². The van der Waals surface area contributed by atoms with Gasteiger partial charge in [-0.05, 0) is 44.9 Å². The molecular formula is C17H20BrN5O2S. The highest BCUT2D eigenvalue weighted by molar-refractivity contribution is 9.10. The second-order valence-corrected chi connectivity index (χ2v) is 9.53. The first-order valence-electron chi connectivity index (χ1n) is 8.43. The van der Waals surface area contributed by atoms with Gasteiger partial charge in [-0.25, -0.2) is 8.42 Å². The lowest BCUT2D eigenvalue weighted by molar-refractivity contribution is 0.302. The van der Waals surface area contributed by atoms with Crippen LogP contribution in [0.15, 0.2) is 33.9 Å². The van der Waals surface area contributed by atoms with Crippen LogP contribution in [0.3, 0.4) is 0 Å². The van der Waals surface area contributed by atoms with Gasteiger partial charge in [-0.15, -0.1) is 10.2 Å². The van der Waals surface area contributed by atoms with Gasteiger partial charge in [0, 0.05) is 29.5 Å². The van der Waals surface area contributed by atoms with Crippen LogP contribution in [0, 0.1) is 11.3 Å². The van der Waals surface area contributed by atoms with Gasteiger partial charge < -0.3 is 4.57 Å². The van der Waals surface area contributed by atoms with Crippen LogP contribution in [0.25, 0.3) is 0 Å². The molecule has 1 aliphatic heterocycles. The molecule has 0 N–H and O–H groups in total. The summed E-state index contributed by atoms with van der Waals surface area (Å²) in [5.41, 5.74) is 0.311. The SMILES string of the molecule is CC(C)n1cnnc1[C@H]1CCCN(S(=O)(=O)c2cc(Br)cc(C#N)c2)C1. The quantitative estimate of drug-likeness (QED) is 0.732. The molecule has 0 aliphatic carbocycles. The van der Waals surface area contributed by atoms with Crippen LogP contribution in [0.1, 0.15) is 50.0 Å². The van der Waals surface area contributed by atoms with E-state index in [0.717, 1.165) is 18.7 Å². The fourth-order valence-corrected chi connectivity index (χ4v) is 5.48. The molecule has 0 bridgehead atoms. The van der Waals surface area contributed by atoms with E-state index < -0.39 is 10.0 Å². The van der Waals surface area contributed by atoms with Crippen molar-refractivity contribution in [1.82, 2.24) is 19.1 Å². The molecule has 1 atom stereocenters. The largest absolute Gasteiger partial charge is 0.315 e. The van der Waals surface area contributed by atoms with E-state index in [4.69, 9.17) is 5.26 Å². The van der Waals surface area contributed by atoms with Crippen molar-refractivity contribution in [3.8, 4) is 6.07 Å². The Morgan fingerprint density at radius 2 is 2.12 bits per heavy atom. The van der Waals surface area contributed by atoms with Crippen molar-refractivity contribution in [2.75, 3.05) is 13.1 Å². The minimum absolute atomic E-state index is 0.00557. The molecule has 7 nitrogen and oxygen atoms in total. The molecule has 9 heteroatoms. The van der Waals surface area contributed by atoms with E-state index >= 15 is 0 Å². The number of halogens is 1. The molecule has 0 saturated carbocycles. The smallest absolute Gasteiger partial charge is 0.243 e. The maximum atomic E-state index is 13.1. The van der Waals surface area contributed by atoms with Crippen LogP contribution in [0.5, 0.6) is 0 Å². The molecule has 1 fully saturated rings. The number of nitriles is 1. The normalized spacial score (nSPS) is 18.8. The van der Waals surface area contributed by atoms with Crippen LogP contribution in [0.2, 0.25) is 0 Å². The Bertz CT molecular complexity index is 948. The van der Waals surface area contributed by atoms with Crippen LogP contribution in [0.4, 0.5) is 0 Å². The molecule has 3 rings (SSSR count). The predicted molar refractivity (Wildman–Crippen MR) is 100.0 cm³/mol. The average molecular weight is 438 g/mol. The lowest BCUT2D eigenvalue weighted by Gasteiger charge is -2.32. The van der Waals surface area contributed by atoms with E-state index in [1.165, 1.54) is 16.4 Å². The summed E-state index contributed by atoms with van der Waals surface area (Å²) in [6, 6.07) is 6.77. The number of sulfonamides is 1. The van der Waals surface area contributed by atoms with Crippen molar-refractivity contribution in [3.05, 3.63) is 40.4 Å². The summed E-state index contributed by atoms with van der Waals surface area (Å²) in [6.07, 6.45) is 3.33. The third kappa shape index (κ3) is 3.68. The van der Waals surface area contributed by atoms with Gasteiger partial charge in [-0.2, -0.15) is 9.57 Å².